The van der Waals surface area contributed by atoms with Crippen LogP contribution in [0.15, 0.2) is 85.1 Å². The maximum atomic E-state index is 12.7. The maximum Gasteiger partial charge on any atom is 0.472 e. The second-order valence-electron chi connectivity index (χ2n) is 15.7. The van der Waals surface area contributed by atoms with Crippen LogP contribution in [-0.4, -0.2) is 74.9 Å². The molecule has 0 aliphatic heterocycles. The van der Waals surface area contributed by atoms with E-state index >= 15 is 0 Å². The molecule has 332 valence electrons. The summed E-state index contributed by atoms with van der Waals surface area (Å²) in [6, 6.07) is 0. The summed E-state index contributed by atoms with van der Waals surface area (Å²) >= 11 is 0. The lowest BCUT2D eigenvalue weighted by atomic mass is 10.1. The summed E-state index contributed by atoms with van der Waals surface area (Å²) in [4.78, 5) is 35.3. The highest BCUT2D eigenvalue weighted by Gasteiger charge is 2.27. The van der Waals surface area contributed by atoms with Crippen LogP contribution in [0.1, 0.15) is 155 Å². The molecule has 0 aromatic rings. The van der Waals surface area contributed by atoms with Gasteiger partial charge in [-0.2, -0.15) is 0 Å². The van der Waals surface area contributed by atoms with Crippen molar-refractivity contribution in [3.8, 4) is 0 Å². The van der Waals surface area contributed by atoms with E-state index in [9.17, 15) is 19.0 Å². The number of hydrogen-bond donors (Lipinski definition) is 1. The number of quaternary nitrogens is 1. The Labute approximate surface area is 354 Å². The van der Waals surface area contributed by atoms with Gasteiger partial charge in [0.2, 0.25) is 0 Å². The molecule has 0 rings (SSSR count). The van der Waals surface area contributed by atoms with Crippen molar-refractivity contribution in [1.29, 1.82) is 0 Å². The molecule has 0 aliphatic rings. The van der Waals surface area contributed by atoms with Gasteiger partial charge in [0, 0.05) is 12.8 Å². The zero-order valence-corrected chi connectivity index (χ0v) is 38.1. The number of allylic oxidation sites excluding steroid dienone is 14. The minimum Gasteiger partial charge on any atom is -0.462 e. The van der Waals surface area contributed by atoms with E-state index in [1.165, 1.54) is 51.4 Å². The van der Waals surface area contributed by atoms with Crippen LogP contribution in [0.25, 0.3) is 0 Å². The van der Waals surface area contributed by atoms with Crippen LogP contribution in [-0.2, 0) is 32.7 Å². The SMILES string of the molecule is CCCCC/C=C/C/C=C/C/C=C/C/C=C/C/C=C/CCC(=O)OC[C@H](COP(=O)(O)OCC[N+](C)(C)C)OC(=O)CCCCCCC/C=C/C/C=C/CCCCC. The average Bonchev–Trinajstić information content (AvgIpc) is 3.17. The van der Waals surface area contributed by atoms with Crippen molar-refractivity contribution in [2.24, 2.45) is 0 Å². The molecule has 0 fully saturated rings. The van der Waals surface area contributed by atoms with Crippen LogP contribution >= 0.6 is 7.82 Å². The highest BCUT2D eigenvalue weighted by atomic mass is 31.2. The third-order valence-electron chi connectivity index (χ3n) is 8.91. The van der Waals surface area contributed by atoms with Gasteiger partial charge >= 0.3 is 19.8 Å². The van der Waals surface area contributed by atoms with Gasteiger partial charge in [0.1, 0.15) is 19.8 Å². The van der Waals surface area contributed by atoms with Crippen LogP contribution in [0.5, 0.6) is 0 Å². The summed E-state index contributed by atoms with van der Waals surface area (Å²) in [6.07, 6.45) is 50.7. The largest absolute Gasteiger partial charge is 0.472 e. The summed E-state index contributed by atoms with van der Waals surface area (Å²) in [5, 5.41) is 0. The monoisotopic (exact) mass is 833 g/mol. The fraction of sp³-hybridized carbons (Fsp3) is 0.667. The lowest BCUT2D eigenvalue weighted by molar-refractivity contribution is -0.870. The Hall–Kier alpha value is -2.81. The van der Waals surface area contributed by atoms with Gasteiger partial charge in [-0.3, -0.25) is 18.6 Å². The molecule has 1 N–H and O–H groups in total. The second kappa shape index (κ2) is 39.6. The van der Waals surface area contributed by atoms with Gasteiger partial charge < -0.3 is 18.9 Å². The molecule has 0 saturated carbocycles. The van der Waals surface area contributed by atoms with Gasteiger partial charge in [-0.25, -0.2) is 4.57 Å². The fourth-order valence-electron chi connectivity index (χ4n) is 5.38. The zero-order valence-electron chi connectivity index (χ0n) is 37.2. The van der Waals surface area contributed by atoms with Crippen LogP contribution < -0.4 is 0 Å². The Kier molecular flexibility index (Phi) is 37.7. The fourth-order valence-corrected chi connectivity index (χ4v) is 6.12. The Bertz CT molecular complexity index is 1260. The Morgan fingerprint density at radius 2 is 0.966 bits per heavy atom. The van der Waals surface area contributed by atoms with Crippen LogP contribution in [0.3, 0.4) is 0 Å². The quantitative estimate of drug-likeness (QED) is 0.0214. The molecule has 1 unspecified atom stereocenters. The van der Waals surface area contributed by atoms with Crippen molar-refractivity contribution in [3.05, 3.63) is 85.1 Å². The number of phosphoric acid groups is 1. The van der Waals surface area contributed by atoms with Crippen molar-refractivity contribution in [2.75, 3.05) is 47.5 Å². The number of nitrogens with zero attached hydrogens (tertiary/aromatic N) is 1. The van der Waals surface area contributed by atoms with E-state index in [0.717, 1.165) is 64.2 Å². The summed E-state index contributed by atoms with van der Waals surface area (Å²) in [5.41, 5.74) is 0. The number of likely N-dealkylation sites (N-methyl/N-ethyl adjacent to an activating group) is 1. The van der Waals surface area contributed by atoms with Crippen LogP contribution in [0, 0.1) is 0 Å². The zero-order chi connectivity index (χ0) is 42.8. The number of rotatable bonds is 39. The molecule has 0 aliphatic carbocycles. The molecule has 0 bridgehead atoms. The number of unbranched alkanes of at least 4 members (excludes halogenated alkanes) is 11. The van der Waals surface area contributed by atoms with Crippen LogP contribution in [0.4, 0.5) is 0 Å². The highest BCUT2D eigenvalue weighted by molar-refractivity contribution is 7.47. The summed E-state index contributed by atoms with van der Waals surface area (Å²) in [5.74, 6) is -0.919. The Morgan fingerprint density at radius 1 is 0.534 bits per heavy atom. The number of ether oxygens (including phenoxy) is 2. The molecule has 9 nitrogen and oxygen atoms in total. The molecule has 0 radical (unpaired) electrons. The first-order valence-electron chi connectivity index (χ1n) is 22.3. The van der Waals surface area contributed by atoms with Gasteiger partial charge in [-0.1, -0.05) is 144 Å². The molecule has 0 saturated heterocycles. The van der Waals surface area contributed by atoms with E-state index in [4.69, 9.17) is 18.5 Å². The third-order valence-corrected chi connectivity index (χ3v) is 9.90. The first-order chi connectivity index (χ1) is 28.0. The predicted octanol–water partition coefficient (Wildman–Crippen LogP) is 12.8. The predicted molar refractivity (Wildman–Crippen MR) is 242 cm³/mol. The summed E-state index contributed by atoms with van der Waals surface area (Å²) in [6.45, 7) is 4.24. The first kappa shape index (κ1) is 55.2. The van der Waals surface area contributed by atoms with Gasteiger partial charge in [-0.05, 0) is 83.5 Å². The second-order valence-corrected chi connectivity index (χ2v) is 17.2. The lowest BCUT2D eigenvalue weighted by Gasteiger charge is -2.24. The molecular weight excluding hydrogens is 750 g/mol. The normalized spacial score (nSPS) is 14.4. The van der Waals surface area contributed by atoms with E-state index in [1.54, 1.807) is 0 Å². The molecule has 10 heteroatoms. The van der Waals surface area contributed by atoms with Crippen molar-refractivity contribution in [1.82, 2.24) is 0 Å². The molecule has 0 spiro atoms. The van der Waals surface area contributed by atoms with Crippen LogP contribution in [0.2, 0.25) is 0 Å². The Balaban J connectivity index is 4.52. The smallest absolute Gasteiger partial charge is 0.462 e. The summed E-state index contributed by atoms with van der Waals surface area (Å²) < 4.78 is 34.2. The van der Waals surface area contributed by atoms with E-state index in [0.29, 0.717) is 23.9 Å². The van der Waals surface area contributed by atoms with E-state index in [-0.39, 0.29) is 26.1 Å². The molecule has 0 aromatic heterocycles. The third kappa shape index (κ3) is 42.8. The van der Waals surface area contributed by atoms with Gasteiger partial charge in [0.15, 0.2) is 6.10 Å². The Morgan fingerprint density at radius 3 is 1.45 bits per heavy atom. The van der Waals surface area contributed by atoms with Gasteiger partial charge in [0.05, 0.1) is 27.7 Å². The minimum absolute atomic E-state index is 0.0134. The number of phosphoric ester groups is 1. The van der Waals surface area contributed by atoms with Crippen molar-refractivity contribution < 1.29 is 42.1 Å². The molecule has 0 heterocycles. The number of carbonyl (C=O) groups excluding carboxylic acids is 2. The molecule has 0 aromatic carbocycles. The molecule has 0 amide bonds. The topological polar surface area (TPSA) is 108 Å². The molecular formula is C48H83NO8P+. The van der Waals surface area contributed by atoms with E-state index < -0.39 is 32.5 Å². The van der Waals surface area contributed by atoms with Crippen molar-refractivity contribution >= 4 is 19.8 Å². The lowest BCUT2D eigenvalue weighted by Crippen LogP contribution is -2.37. The number of hydrogen-bond acceptors (Lipinski definition) is 7. The highest BCUT2D eigenvalue weighted by Crippen LogP contribution is 2.43. The van der Waals surface area contributed by atoms with E-state index in [2.05, 4.69) is 86.8 Å². The van der Waals surface area contributed by atoms with Gasteiger partial charge in [-0.15, -0.1) is 0 Å². The number of carbonyl (C=O) groups is 2. The summed E-state index contributed by atoms with van der Waals surface area (Å²) in [7, 11) is 1.41. The van der Waals surface area contributed by atoms with E-state index in [1.807, 2.05) is 33.3 Å². The first-order valence-corrected chi connectivity index (χ1v) is 23.8. The minimum atomic E-state index is -4.40. The average molecular weight is 833 g/mol. The maximum absolute atomic E-state index is 12.7. The number of esters is 2. The molecule has 58 heavy (non-hydrogen) atoms. The van der Waals surface area contributed by atoms with Gasteiger partial charge in [0.25, 0.3) is 0 Å². The van der Waals surface area contributed by atoms with Crippen molar-refractivity contribution in [2.45, 2.75) is 161 Å². The standard InChI is InChI=1S/C48H82NO8P/c1-6-8-10-12-14-16-18-20-22-23-24-25-27-28-30-32-34-36-38-40-47(50)54-44-46(45-56-58(52,53)55-43-42-49(3,4)5)57-48(51)41-39-37-35-33-31-29-26-21-19-17-15-13-11-9-7-2/h14-17,20-22,24-26,28,30,34,36,46H,6-13,18-19,23,27,29,31-33,35,37-45H2,1-5H3/p+1/b16-14+,17-15+,22-20+,25-24+,26-21+,30-28+,36-34+/t46-/m1/s1. The van der Waals surface area contributed by atoms with Crippen molar-refractivity contribution in [3.63, 3.8) is 0 Å². The molecule has 2 atom stereocenters.